The van der Waals surface area contributed by atoms with Gasteiger partial charge in [0.15, 0.2) is 6.61 Å². The number of carbonyl (C=O) groups excluding carboxylic acids is 1. The van der Waals surface area contributed by atoms with Gasteiger partial charge < -0.3 is 14.9 Å². The van der Waals surface area contributed by atoms with Gasteiger partial charge in [-0.05, 0) is 46.5 Å². The van der Waals surface area contributed by atoms with Crippen molar-refractivity contribution in [3.8, 4) is 5.75 Å². The van der Waals surface area contributed by atoms with E-state index in [1.165, 1.54) is 13.2 Å². The molecule has 0 fully saturated rings. The zero-order valence-electron chi connectivity index (χ0n) is 16.9. The lowest BCUT2D eigenvalue weighted by molar-refractivity contribution is -0.137. The van der Waals surface area contributed by atoms with E-state index in [0.29, 0.717) is 11.4 Å². The van der Waals surface area contributed by atoms with Crippen molar-refractivity contribution in [2.24, 2.45) is 0 Å². The number of rotatable bonds is 5. The fourth-order valence-corrected chi connectivity index (χ4v) is 2.75. The first-order valence-electron chi connectivity index (χ1n) is 9.03. The van der Waals surface area contributed by atoms with Gasteiger partial charge >= 0.3 is 6.18 Å². The predicted molar refractivity (Wildman–Crippen MR) is 104 cm³/mol. The van der Waals surface area contributed by atoms with E-state index in [0.717, 1.165) is 22.5 Å². The van der Waals surface area contributed by atoms with E-state index in [4.69, 9.17) is 9.57 Å². The molecule has 7 nitrogen and oxygen atoms in total. The van der Waals surface area contributed by atoms with E-state index in [2.05, 4.69) is 15.6 Å². The van der Waals surface area contributed by atoms with Gasteiger partial charge in [-0.2, -0.15) is 13.2 Å². The molecule has 30 heavy (non-hydrogen) atoms. The molecule has 0 unspecified atom stereocenters. The van der Waals surface area contributed by atoms with Gasteiger partial charge in [0.05, 0.1) is 18.4 Å². The van der Waals surface area contributed by atoms with Crippen LogP contribution in [0.15, 0.2) is 36.4 Å². The maximum atomic E-state index is 12.9. The summed E-state index contributed by atoms with van der Waals surface area (Å²) in [4.78, 5) is 18.4. The van der Waals surface area contributed by atoms with Gasteiger partial charge in [0.2, 0.25) is 0 Å². The lowest BCUT2D eigenvalue weighted by atomic mass is 9.87. The van der Waals surface area contributed by atoms with Crippen LogP contribution in [0.5, 0.6) is 5.75 Å². The number of carbonyl (C=O) groups is 1. The van der Waals surface area contributed by atoms with Crippen LogP contribution in [0.25, 0.3) is 11.0 Å². The highest BCUT2D eigenvalue weighted by Crippen LogP contribution is 2.32. The van der Waals surface area contributed by atoms with Gasteiger partial charge in [0, 0.05) is 0 Å². The molecule has 1 N–H and O–H groups in total. The summed E-state index contributed by atoms with van der Waals surface area (Å²) in [6.07, 6.45) is -4.52. The zero-order chi connectivity index (χ0) is 22.1. The first-order valence-corrected chi connectivity index (χ1v) is 9.03. The minimum atomic E-state index is -4.52. The normalized spacial score (nSPS) is 12.1. The summed E-state index contributed by atoms with van der Waals surface area (Å²) in [6.45, 7) is 5.62. The van der Waals surface area contributed by atoms with Crippen molar-refractivity contribution in [1.29, 1.82) is 0 Å². The predicted octanol–water partition coefficient (Wildman–Crippen LogP) is 3.82. The van der Waals surface area contributed by atoms with Crippen LogP contribution in [0.4, 0.5) is 18.9 Å². The number of ether oxygens (including phenoxy) is 1. The molecule has 0 radical (unpaired) electrons. The third kappa shape index (κ3) is 4.64. The molecule has 160 valence electrons. The average Bonchev–Trinajstić information content (AvgIpc) is 3.07. The molecular formula is C20H21F3N4O3. The minimum Gasteiger partial charge on any atom is -0.495 e. The van der Waals surface area contributed by atoms with Crippen LogP contribution in [0.3, 0.4) is 0 Å². The molecule has 10 heteroatoms. The molecular weight excluding hydrogens is 401 g/mol. The zero-order valence-corrected chi connectivity index (χ0v) is 16.9. The summed E-state index contributed by atoms with van der Waals surface area (Å²) >= 11 is 0. The highest BCUT2D eigenvalue weighted by Gasteiger charge is 2.31. The van der Waals surface area contributed by atoms with Crippen molar-refractivity contribution < 1.29 is 27.5 Å². The second-order valence-electron chi connectivity index (χ2n) is 7.65. The molecule has 0 saturated carbocycles. The molecule has 0 saturated heterocycles. The number of methoxy groups -OCH3 is 1. The smallest absolute Gasteiger partial charge is 0.416 e. The van der Waals surface area contributed by atoms with Gasteiger partial charge in [0.25, 0.3) is 5.91 Å². The number of hydrogen-bond donors (Lipinski definition) is 1. The second kappa shape index (κ2) is 7.85. The number of anilines is 1. The van der Waals surface area contributed by atoms with Crippen molar-refractivity contribution >= 4 is 22.6 Å². The Balaban J connectivity index is 1.75. The topological polar surface area (TPSA) is 78.3 Å². The Kier molecular flexibility index (Phi) is 5.60. The Morgan fingerprint density at radius 2 is 1.80 bits per heavy atom. The van der Waals surface area contributed by atoms with Crippen LogP contribution in [-0.4, -0.2) is 34.8 Å². The first kappa shape index (κ1) is 21.4. The second-order valence-corrected chi connectivity index (χ2v) is 7.65. The largest absolute Gasteiger partial charge is 0.495 e. The van der Waals surface area contributed by atoms with Gasteiger partial charge in [-0.25, -0.2) is 0 Å². The van der Waals surface area contributed by atoms with Crippen LogP contribution < -0.4 is 14.9 Å². The number of nitrogens with zero attached hydrogens (tertiary/aromatic N) is 3. The third-order valence-corrected chi connectivity index (χ3v) is 4.40. The highest BCUT2D eigenvalue weighted by molar-refractivity contribution is 5.93. The molecule has 1 amide bonds. The fraction of sp³-hybridized carbons (Fsp3) is 0.350. The maximum Gasteiger partial charge on any atom is 0.416 e. The number of aromatic nitrogens is 3. The standard InChI is InChI=1S/C20H21F3N4O3/c1-19(2,3)12-6-8-17(29-4)15(9-12)24-18(28)11-30-27-16-10-13(20(21,22)23)5-7-14(16)25-26-27/h5-10H,11H2,1-4H3,(H,24,28). The molecule has 0 aliphatic rings. The van der Waals surface area contributed by atoms with Crippen LogP contribution in [-0.2, 0) is 16.4 Å². The fourth-order valence-electron chi connectivity index (χ4n) is 2.75. The van der Waals surface area contributed by atoms with E-state index in [-0.39, 0.29) is 16.4 Å². The molecule has 0 aliphatic carbocycles. The Morgan fingerprint density at radius 3 is 2.43 bits per heavy atom. The van der Waals surface area contributed by atoms with Gasteiger partial charge in [-0.1, -0.05) is 31.7 Å². The summed E-state index contributed by atoms with van der Waals surface area (Å²) < 4.78 is 44.1. The summed E-state index contributed by atoms with van der Waals surface area (Å²) in [5.74, 6) is -0.0626. The Bertz CT molecular complexity index is 1070. The van der Waals surface area contributed by atoms with Crippen LogP contribution in [0.1, 0.15) is 31.9 Å². The van der Waals surface area contributed by atoms with Crippen molar-refractivity contribution in [1.82, 2.24) is 15.2 Å². The van der Waals surface area contributed by atoms with Crippen LogP contribution in [0.2, 0.25) is 0 Å². The average molecular weight is 422 g/mol. The van der Waals surface area contributed by atoms with E-state index >= 15 is 0 Å². The molecule has 0 spiro atoms. The number of halogens is 3. The molecule has 0 atom stereocenters. The molecule has 3 rings (SSSR count). The summed E-state index contributed by atoms with van der Waals surface area (Å²) in [5, 5.41) is 10.1. The third-order valence-electron chi connectivity index (χ3n) is 4.40. The number of fused-ring (bicyclic) bond motifs is 1. The molecule has 1 aromatic heterocycles. The van der Waals surface area contributed by atoms with Gasteiger partial charge in [-0.15, -0.1) is 5.10 Å². The molecule has 2 aromatic carbocycles. The van der Waals surface area contributed by atoms with E-state index in [1.54, 1.807) is 12.1 Å². The molecule has 0 aliphatic heterocycles. The van der Waals surface area contributed by atoms with E-state index in [9.17, 15) is 18.0 Å². The Labute approximate surface area is 170 Å². The number of benzene rings is 2. The van der Waals surface area contributed by atoms with Gasteiger partial charge in [0.1, 0.15) is 16.8 Å². The number of nitrogens with one attached hydrogen (secondary N) is 1. The minimum absolute atomic E-state index is 0.00457. The monoisotopic (exact) mass is 422 g/mol. The Hall–Kier alpha value is -3.30. The highest BCUT2D eigenvalue weighted by atomic mass is 19.4. The lowest BCUT2D eigenvalue weighted by Crippen LogP contribution is -2.26. The number of hydrogen-bond acceptors (Lipinski definition) is 5. The van der Waals surface area contributed by atoms with Crippen molar-refractivity contribution in [2.45, 2.75) is 32.4 Å². The van der Waals surface area contributed by atoms with E-state index in [1.807, 2.05) is 26.8 Å². The first-order chi connectivity index (χ1) is 14.0. The molecule has 0 bridgehead atoms. The molecule has 1 heterocycles. The lowest BCUT2D eigenvalue weighted by Gasteiger charge is -2.21. The summed E-state index contributed by atoms with van der Waals surface area (Å²) in [6, 6.07) is 8.42. The molecule has 3 aromatic rings. The Morgan fingerprint density at radius 1 is 1.10 bits per heavy atom. The van der Waals surface area contributed by atoms with Crippen LogP contribution >= 0.6 is 0 Å². The van der Waals surface area contributed by atoms with E-state index < -0.39 is 24.3 Å². The SMILES string of the molecule is COc1ccc(C(C)(C)C)cc1NC(=O)COn1nnc2ccc(C(F)(F)F)cc21. The van der Waals surface area contributed by atoms with Crippen molar-refractivity contribution in [3.63, 3.8) is 0 Å². The summed E-state index contributed by atoms with van der Waals surface area (Å²) in [5.41, 5.74) is 0.656. The number of amides is 1. The van der Waals surface area contributed by atoms with Crippen molar-refractivity contribution in [3.05, 3.63) is 47.5 Å². The summed E-state index contributed by atoms with van der Waals surface area (Å²) in [7, 11) is 1.48. The maximum absolute atomic E-state index is 12.9. The number of alkyl halides is 3. The quantitative estimate of drug-likeness (QED) is 0.676. The van der Waals surface area contributed by atoms with Crippen LogP contribution in [0, 0.1) is 0 Å². The van der Waals surface area contributed by atoms with Crippen molar-refractivity contribution in [2.75, 3.05) is 19.0 Å². The van der Waals surface area contributed by atoms with Gasteiger partial charge in [-0.3, -0.25) is 4.79 Å².